The van der Waals surface area contributed by atoms with Crippen molar-refractivity contribution in [2.24, 2.45) is 5.41 Å². The molecule has 268 valence electrons. The summed E-state index contributed by atoms with van der Waals surface area (Å²) in [5.74, 6) is 0.0670. The average molecular weight is 689 g/mol. The van der Waals surface area contributed by atoms with Gasteiger partial charge < -0.3 is 23.1 Å². The molecule has 2 heterocycles. The lowest BCUT2D eigenvalue weighted by Gasteiger charge is -2.40. The SMILES string of the molecule is CC(=O)O[C@H]1CC[C@H]2c3ccc(cc3CO[Si](C)(C)C(C)(C)C)C[C@@H](O[Si](C)(C)C(C)(C)C)CCCOC/C=C\COCCC[C@]12C. The van der Waals surface area contributed by atoms with Crippen LogP contribution in [0.2, 0.25) is 36.3 Å². The number of hydrogen-bond acceptors (Lipinski definition) is 6. The second-order valence-corrected chi connectivity index (χ2v) is 27.0. The van der Waals surface area contributed by atoms with Crippen molar-refractivity contribution in [2.45, 2.75) is 161 Å². The second-order valence-electron chi connectivity index (χ2n) is 17.4. The van der Waals surface area contributed by atoms with E-state index in [0.29, 0.717) is 26.4 Å². The van der Waals surface area contributed by atoms with Crippen molar-refractivity contribution in [2.75, 3.05) is 26.4 Å². The Morgan fingerprint density at radius 3 is 2.11 bits per heavy atom. The fourth-order valence-corrected chi connectivity index (χ4v) is 8.97. The van der Waals surface area contributed by atoms with Crippen LogP contribution in [0.3, 0.4) is 0 Å². The van der Waals surface area contributed by atoms with Crippen LogP contribution >= 0.6 is 0 Å². The zero-order valence-corrected chi connectivity index (χ0v) is 34.1. The Kier molecular flexibility index (Phi) is 14.2. The predicted molar refractivity (Wildman–Crippen MR) is 199 cm³/mol. The van der Waals surface area contributed by atoms with E-state index >= 15 is 0 Å². The second kappa shape index (κ2) is 16.6. The molecule has 1 aliphatic carbocycles. The van der Waals surface area contributed by atoms with Gasteiger partial charge in [0.05, 0.1) is 19.8 Å². The van der Waals surface area contributed by atoms with Gasteiger partial charge in [-0.05, 0) is 104 Å². The summed E-state index contributed by atoms with van der Waals surface area (Å²) in [5.41, 5.74) is 3.73. The molecule has 6 nitrogen and oxygen atoms in total. The molecule has 0 N–H and O–H groups in total. The van der Waals surface area contributed by atoms with Gasteiger partial charge in [0, 0.05) is 31.7 Å². The minimum Gasteiger partial charge on any atom is -0.462 e. The first-order valence-electron chi connectivity index (χ1n) is 18.2. The molecular weight excluding hydrogens is 621 g/mol. The topological polar surface area (TPSA) is 63.2 Å². The largest absolute Gasteiger partial charge is 0.462 e. The van der Waals surface area contributed by atoms with E-state index in [0.717, 1.165) is 51.6 Å². The summed E-state index contributed by atoms with van der Waals surface area (Å²) in [7, 11) is -3.98. The number of carbonyl (C=O) groups excluding carboxylic acids is 1. The van der Waals surface area contributed by atoms with Gasteiger partial charge in [0.1, 0.15) is 6.10 Å². The van der Waals surface area contributed by atoms with Gasteiger partial charge in [-0.1, -0.05) is 78.8 Å². The Balaban J connectivity index is 2.06. The Morgan fingerprint density at radius 2 is 1.51 bits per heavy atom. The molecule has 4 rings (SSSR count). The van der Waals surface area contributed by atoms with E-state index in [4.69, 9.17) is 23.1 Å². The van der Waals surface area contributed by atoms with Crippen LogP contribution < -0.4 is 0 Å². The Hall–Kier alpha value is -1.30. The van der Waals surface area contributed by atoms with E-state index in [-0.39, 0.29) is 39.6 Å². The minimum absolute atomic E-state index is 0.115. The fraction of sp³-hybridized carbons (Fsp3) is 0.769. The number of rotatable bonds is 6. The Morgan fingerprint density at radius 1 is 0.894 bits per heavy atom. The van der Waals surface area contributed by atoms with Gasteiger partial charge in [-0.15, -0.1) is 0 Å². The highest BCUT2D eigenvalue weighted by Gasteiger charge is 2.49. The summed E-state index contributed by atoms with van der Waals surface area (Å²) in [6, 6.07) is 7.10. The van der Waals surface area contributed by atoms with Crippen molar-refractivity contribution in [1.82, 2.24) is 0 Å². The summed E-state index contributed by atoms with van der Waals surface area (Å²) >= 11 is 0. The zero-order chi connectivity index (χ0) is 35.1. The normalized spacial score (nSPS) is 26.9. The van der Waals surface area contributed by atoms with Crippen molar-refractivity contribution < 1.29 is 27.9 Å². The predicted octanol–water partition coefficient (Wildman–Crippen LogP) is 10.1. The molecule has 0 unspecified atom stereocenters. The highest BCUT2D eigenvalue weighted by atomic mass is 28.4. The zero-order valence-electron chi connectivity index (χ0n) is 32.1. The van der Waals surface area contributed by atoms with Crippen LogP contribution in [0.4, 0.5) is 0 Å². The fourth-order valence-electron chi connectivity index (χ4n) is 6.63. The first-order chi connectivity index (χ1) is 21.8. The van der Waals surface area contributed by atoms with Gasteiger partial charge >= 0.3 is 5.97 Å². The van der Waals surface area contributed by atoms with Crippen LogP contribution in [-0.2, 0) is 40.9 Å². The van der Waals surface area contributed by atoms with Gasteiger partial charge in [0.15, 0.2) is 16.6 Å². The minimum atomic E-state index is -2.00. The van der Waals surface area contributed by atoms with Crippen LogP contribution in [0.15, 0.2) is 30.4 Å². The number of ether oxygens (including phenoxy) is 3. The number of esters is 1. The van der Waals surface area contributed by atoms with Crippen LogP contribution in [0, 0.1) is 5.41 Å². The van der Waals surface area contributed by atoms with Gasteiger partial charge in [0.2, 0.25) is 0 Å². The molecule has 47 heavy (non-hydrogen) atoms. The molecule has 3 aliphatic rings. The molecule has 1 saturated carbocycles. The van der Waals surface area contributed by atoms with Crippen molar-refractivity contribution in [3.8, 4) is 0 Å². The summed E-state index contributed by atoms with van der Waals surface area (Å²) < 4.78 is 32.0. The number of carbonyl (C=O) groups is 1. The molecule has 0 spiro atoms. The van der Waals surface area contributed by atoms with E-state index in [1.54, 1.807) is 0 Å². The molecule has 0 amide bonds. The third-order valence-corrected chi connectivity index (χ3v) is 20.7. The van der Waals surface area contributed by atoms with Gasteiger partial charge in [0.25, 0.3) is 0 Å². The van der Waals surface area contributed by atoms with Crippen molar-refractivity contribution >= 4 is 22.6 Å². The van der Waals surface area contributed by atoms with E-state index in [1.165, 1.54) is 23.6 Å². The maximum Gasteiger partial charge on any atom is 0.302 e. The van der Waals surface area contributed by atoms with E-state index in [2.05, 4.69) is 105 Å². The molecule has 0 saturated heterocycles. The van der Waals surface area contributed by atoms with Crippen LogP contribution in [0.1, 0.15) is 117 Å². The first kappa shape index (κ1) is 40.1. The first-order valence-corrected chi connectivity index (χ1v) is 24.0. The van der Waals surface area contributed by atoms with E-state index < -0.39 is 16.6 Å². The van der Waals surface area contributed by atoms with E-state index in [1.807, 2.05) is 0 Å². The van der Waals surface area contributed by atoms with Crippen LogP contribution in [-0.4, -0.2) is 61.2 Å². The molecular formula is C39H68O6Si2. The van der Waals surface area contributed by atoms with Crippen LogP contribution in [0.25, 0.3) is 0 Å². The van der Waals surface area contributed by atoms with Crippen molar-refractivity contribution in [3.63, 3.8) is 0 Å². The average Bonchev–Trinajstić information content (AvgIpc) is 3.25. The van der Waals surface area contributed by atoms with Crippen molar-refractivity contribution in [3.05, 3.63) is 47.0 Å². The van der Waals surface area contributed by atoms with E-state index in [9.17, 15) is 4.79 Å². The maximum atomic E-state index is 12.3. The summed E-state index contributed by atoms with van der Waals surface area (Å²) in [5, 5.41) is 0.256. The van der Waals surface area contributed by atoms with Gasteiger partial charge in [-0.25, -0.2) is 0 Å². The standard InChI is InChI=1S/C39H68O6Si2/c1-30(40)44-36-21-20-35-34-19-18-31(27-32(34)29-43-46(9,10)37(2,3)4)28-33(45-47(11,12)38(5,6)7)17-15-25-41-23-13-14-24-42-26-16-22-39(35,36)8/h13-14,18-19,27,33,35-36H,15-17,20-26,28-29H2,1-12H3/b14-13-/t33-,35-,36-,39-/m0/s1. The number of benzene rings is 1. The lowest BCUT2D eigenvalue weighted by Crippen LogP contribution is -2.44. The Labute approximate surface area is 290 Å². The van der Waals surface area contributed by atoms with Crippen molar-refractivity contribution in [1.29, 1.82) is 0 Å². The summed E-state index contributed by atoms with van der Waals surface area (Å²) in [6.07, 6.45) is 10.6. The molecule has 1 fully saturated rings. The molecule has 0 radical (unpaired) electrons. The van der Waals surface area contributed by atoms with Gasteiger partial charge in [-0.3, -0.25) is 4.79 Å². The van der Waals surface area contributed by atoms with Gasteiger partial charge in [-0.2, -0.15) is 0 Å². The molecule has 0 aromatic heterocycles. The highest BCUT2D eigenvalue weighted by molar-refractivity contribution is 6.74. The number of hydrogen-bond donors (Lipinski definition) is 0. The third kappa shape index (κ3) is 11.1. The molecule has 4 atom stereocenters. The third-order valence-electron chi connectivity index (χ3n) is 11.7. The maximum absolute atomic E-state index is 12.3. The summed E-state index contributed by atoms with van der Waals surface area (Å²) in [4.78, 5) is 12.3. The molecule has 1 aromatic carbocycles. The molecule has 8 heteroatoms. The molecule has 2 aliphatic heterocycles. The molecule has 2 bridgehead atoms. The molecule has 1 aromatic rings. The van der Waals surface area contributed by atoms with Crippen LogP contribution in [0.5, 0.6) is 0 Å². The smallest absolute Gasteiger partial charge is 0.302 e. The lowest BCUT2D eigenvalue weighted by molar-refractivity contribution is -0.152. The highest BCUT2D eigenvalue weighted by Crippen LogP contribution is 2.54. The lowest BCUT2D eigenvalue weighted by atomic mass is 9.70. The summed E-state index contributed by atoms with van der Waals surface area (Å²) in [6.45, 7) is 30.3. The monoisotopic (exact) mass is 688 g/mol. The Bertz CT molecular complexity index is 1180. The quantitative estimate of drug-likeness (QED) is 0.168. The number of fused-ring (bicyclic) bond motifs is 14.